The van der Waals surface area contributed by atoms with E-state index >= 15 is 0 Å². The molecular formula is C27H30O14. The number of Topliss-reactive ketones (excluding diaryl/α,β-unsaturated/α-hetero) is 1. The Morgan fingerprint density at radius 2 is 1.56 bits per heavy atom. The highest BCUT2D eigenvalue weighted by Crippen LogP contribution is 2.43. The lowest BCUT2D eigenvalue weighted by Gasteiger charge is -2.45. The van der Waals surface area contributed by atoms with Gasteiger partial charge in [-0.15, -0.1) is 0 Å². The van der Waals surface area contributed by atoms with Crippen LogP contribution in [0.3, 0.4) is 0 Å². The summed E-state index contributed by atoms with van der Waals surface area (Å²) in [4.78, 5) is 13.3. The van der Waals surface area contributed by atoms with Crippen LogP contribution in [0.25, 0.3) is 6.08 Å². The normalized spacial score (nSPS) is 36.2. The topological polar surface area (TPSA) is 225 Å². The zero-order valence-corrected chi connectivity index (χ0v) is 21.5. The van der Waals surface area contributed by atoms with E-state index in [-0.39, 0.29) is 34.3 Å². The van der Waals surface area contributed by atoms with E-state index in [2.05, 4.69) is 0 Å². The zero-order valence-electron chi connectivity index (χ0n) is 21.5. The average molecular weight is 579 g/mol. The summed E-state index contributed by atoms with van der Waals surface area (Å²) < 4.78 is 28.3. The van der Waals surface area contributed by atoms with E-state index in [1.165, 1.54) is 31.2 Å². The minimum absolute atomic E-state index is 0.0266. The summed E-state index contributed by atoms with van der Waals surface area (Å²) in [5.41, 5.74) is 0.419. The fourth-order valence-electron chi connectivity index (χ4n) is 4.78. The molecule has 3 aliphatic rings. The third kappa shape index (κ3) is 5.61. The van der Waals surface area contributed by atoms with Gasteiger partial charge in [0.2, 0.25) is 12.1 Å². The predicted octanol–water partition coefficient (Wildman–Crippen LogP) is -1.26. The Morgan fingerprint density at radius 1 is 0.854 bits per heavy atom. The second kappa shape index (κ2) is 11.5. The molecule has 41 heavy (non-hydrogen) atoms. The van der Waals surface area contributed by atoms with Gasteiger partial charge in [-0.1, -0.05) is 12.1 Å². The summed E-state index contributed by atoms with van der Waals surface area (Å²) in [5, 5.41) is 81.4. The van der Waals surface area contributed by atoms with Crippen LogP contribution in [0.1, 0.15) is 22.8 Å². The highest BCUT2D eigenvalue weighted by Gasteiger charge is 2.51. The molecule has 0 aromatic heterocycles. The molecule has 3 heterocycles. The third-order valence-corrected chi connectivity index (χ3v) is 7.08. The number of carbonyl (C=O) groups is 1. The number of carbonyl (C=O) groups excluding carboxylic acids is 1. The van der Waals surface area contributed by atoms with Gasteiger partial charge in [0.15, 0.2) is 18.2 Å². The Labute approximate surface area is 232 Å². The lowest BCUT2D eigenvalue weighted by atomic mass is 9.97. The van der Waals surface area contributed by atoms with Gasteiger partial charge in [0.25, 0.3) is 0 Å². The number of phenolic OH excluding ortho intramolecular Hbond substituents is 2. The number of aromatic hydroxyl groups is 2. The highest BCUT2D eigenvalue weighted by atomic mass is 16.8. The first-order valence-corrected chi connectivity index (χ1v) is 12.7. The first-order valence-electron chi connectivity index (χ1n) is 12.7. The monoisotopic (exact) mass is 578 g/mol. The quantitative estimate of drug-likeness (QED) is 0.187. The van der Waals surface area contributed by atoms with Crippen LogP contribution < -0.4 is 9.47 Å². The maximum Gasteiger partial charge on any atom is 0.235 e. The fourth-order valence-corrected chi connectivity index (χ4v) is 4.78. The number of fused-ring (bicyclic) bond motifs is 1. The van der Waals surface area contributed by atoms with Crippen LogP contribution in [0.2, 0.25) is 0 Å². The molecule has 2 aromatic rings. The number of hydrogen-bond donors (Lipinski definition) is 8. The van der Waals surface area contributed by atoms with Crippen molar-refractivity contribution >= 4 is 11.9 Å². The van der Waals surface area contributed by atoms with E-state index in [0.29, 0.717) is 5.56 Å². The van der Waals surface area contributed by atoms with Crippen LogP contribution in [0.15, 0.2) is 42.2 Å². The van der Waals surface area contributed by atoms with Gasteiger partial charge in [0.05, 0.1) is 12.7 Å². The summed E-state index contributed by atoms with van der Waals surface area (Å²) in [6, 6.07) is 8.21. The van der Waals surface area contributed by atoms with Gasteiger partial charge in [-0.2, -0.15) is 0 Å². The van der Waals surface area contributed by atoms with Crippen LogP contribution in [-0.4, -0.2) is 115 Å². The van der Waals surface area contributed by atoms with Gasteiger partial charge in [-0.25, -0.2) is 0 Å². The van der Waals surface area contributed by atoms with Crippen molar-refractivity contribution in [2.24, 2.45) is 0 Å². The molecule has 0 bridgehead atoms. The van der Waals surface area contributed by atoms with E-state index in [4.69, 9.17) is 23.7 Å². The lowest BCUT2D eigenvalue weighted by molar-refractivity contribution is -0.354. The Balaban J connectivity index is 1.45. The smallest absolute Gasteiger partial charge is 0.235 e. The maximum absolute atomic E-state index is 13.3. The van der Waals surface area contributed by atoms with Crippen molar-refractivity contribution in [1.82, 2.24) is 0 Å². The molecule has 3 aliphatic heterocycles. The van der Waals surface area contributed by atoms with Gasteiger partial charge in [-0.3, -0.25) is 4.79 Å². The van der Waals surface area contributed by atoms with E-state index in [0.717, 1.165) is 6.07 Å². The van der Waals surface area contributed by atoms with Crippen LogP contribution in [-0.2, 0) is 14.2 Å². The molecule has 0 aliphatic carbocycles. The minimum atomic E-state index is -1.79. The zero-order chi connectivity index (χ0) is 29.6. The predicted molar refractivity (Wildman–Crippen MR) is 135 cm³/mol. The van der Waals surface area contributed by atoms with Gasteiger partial charge >= 0.3 is 0 Å². The van der Waals surface area contributed by atoms with E-state index in [1.54, 1.807) is 12.1 Å². The molecule has 0 spiro atoms. The molecule has 2 fully saturated rings. The van der Waals surface area contributed by atoms with Crippen molar-refractivity contribution in [1.29, 1.82) is 0 Å². The van der Waals surface area contributed by atoms with Crippen LogP contribution in [0, 0.1) is 0 Å². The molecule has 14 heteroatoms. The molecule has 222 valence electrons. The molecule has 0 radical (unpaired) electrons. The molecule has 0 amide bonds. The number of rotatable bonds is 6. The molecule has 2 saturated heterocycles. The molecule has 2 aromatic carbocycles. The third-order valence-electron chi connectivity index (χ3n) is 7.08. The molecule has 0 unspecified atom stereocenters. The second-order valence-electron chi connectivity index (χ2n) is 9.95. The van der Waals surface area contributed by atoms with E-state index < -0.39 is 73.8 Å². The molecule has 5 rings (SSSR count). The first-order chi connectivity index (χ1) is 19.5. The number of phenols is 2. The lowest BCUT2D eigenvalue weighted by Crippen LogP contribution is -2.64. The summed E-state index contributed by atoms with van der Waals surface area (Å²) in [6.07, 6.45) is -14.2. The first kappa shape index (κ1) is 29.2. The second-order valence-corrected chi connectivity index (χ2v) is 9.95. The number of ether oxygens (including phenoxy) is 5. The Bertz CT molecular complexity index is 1300. The van der Waals surface area contributed by atoms with Crippen molar-refractivity contribution < 1.29 is 69.3 Å². The van der Waals surface area contributed by atoms with Gasteiger partial charge in [0, 0.05) is 12.1 Å². The Hall–Kier alpha value is -3.31. The fraction of sp³-hybridized carbons (Fsp3) is 0.444. The summed E-state index contributed by atoms with van der Waals surface area (Å²) in [7, 11) is 0. The molecule has 8 N–H and O–H groups in total. The van der Waals surface area contributed by atoms with E-state index in [1.807, 2.05) is 0 Å². The van der Waals surface area contributed by atoms with Crippen molar-refractivity contribution in [3.63, 3.8) is 0 Å². The number of ketones is 1. The van der Waals surface area contributed by atoms with Gasteiger partial charge in [0.1, 0.15) is 65.2 Å². The standard InChI is InChI=1S/C27H30O14/c1-10-19(31)22(34)24(36)26(37-10)41-25-23(35)21(33)17(9-28)40-27(25)39-15-8-13(30)7-14-18(15)20(32)16(38-14)6-11-2-4-12(29)5-3-11/h2-8,10,17,19,21-31,33-36H,9H2,1H3/b16-6-/t10-,17+,19-,21+,22+,23-,24-,25-,26-,27+/m0/s1. The average Bonchev–Trinajstić information content (AvgIpc) is 3.25. The van der Waals surface area contributed by atoms with Crippen molar-refractivity contribution in [2.45, 2.75) is 68.3 Å². The summed E-state index contributed by atoms with van der Waals surface area (Å²) in [6.45, 7) is 0.675. The maximum atomic E-state index is 13.3. The van der Waals surface area contributed by atoms with E-state index in [9.17, 15) is 45.6 Å². The number of benzene rings is 2. The molecular weight excluding hydrogens is 548 g/mol. The summed E-state index contributed by atoms with van der Waals surface area (Å²) >= 11 is 0. The van der Waals surface area contributed by atoms with Gasteiger partial charge in [-0.05, 0) is 30.7 Å². The molecule has 0 saturated carbocycles. The highest BCUT2D eigenvalue weighted by molar-refractivity contribution is 6.16. The number of allylic oxidation sites excluding steroid dienone is 1. The Morgan fingerprint density at radius 3 is 2.24 bits per heavy atom. The van der Waals surface area contributed by atoms with Gasteiger partial charge < -0.3 is 64.5 Å². The Kier molecular flexibility index (Phi) is 8.20. The molecule has 10 atom stereocenters. The minimum Gasteiger partial charge on any atom is -0.508 e. The van der Waals surface area contributed by atoms with Crippen LogP contribution in [0.4, 0.5) is 0 Å². The number of hydrogen-bond acceptors (Lipinski definition) is 14. The number of aliphatic hydroxyl groups excluding tert-OH is 6. The molecule has 14 nitrogen and oxygen atoms in total. The van der Waals surface area contributed by atoms with Crippen molar-refractivity contribution in [3.05, 3.63) is 53.3 Å². The number of aliphatic hydroxyl groups is 6. The van der Waals surface area contributed by atoms with Crippen molar-refractivity contribution in [2.75, 3.05) is 6.61 Å². The summed E-state index contributed by atoms with van der Waals surface area (Å²) in [5.74, 6) is -1.40. The SMILES string of the molecule is C[C@@H]1O[C@@H](O[C@@H]2[C@H](Oc3cc(O)cc4c3C(=O)/C(=C/c3ccc(O)cc3)O4)O[C@H](CO)[C@@H](O)[C@@H]2O)[C@@H](O)[C@H](O)[C@H]1O. The van der Waals surface area contributed by atoms with Crippen LogP contribution in [0.5, 0.6) is 23.0 Å². The largest absolute Gasteiger partial charge is 0.508 e. The van der Waals surface area contributed by atoms with Crippen LogP contribution >= 0.6 is 0 Å². The van der Waals surface area contributed by atoms with Crippen molar-refractivity contribution in [3.8, 4) is 23.0 Å².